The van der Waals surface area contributed by atoms with Gasteiger partial charge in [0.2, 0.25) is 5.91 Å². The number of carbonyl (C=O) groups is 1. The van der Waals surface area contributed by atoms with Crippen molar-refractivity contribution in [3.63, 3.8) is 0 Å². The van der Waals surface area contributed by atoms with Gasteiger partial charge < -0.3 is 10.2 Å². The van der Waals surface area contributed by atoms with E-state index < -0.39 is 0 Å². The molecule has 2 aromatic heterocycles. The molecular formula is C28H30N6O. The quantitative estimate of drug-likeness (QED) is 0.479. The summed E-state index contributed by atoms with van der Waals surface area (Å²) in [7, 11) is 0. The molecule has 0 spiro atoms. The fraction of sp³-hybridized carbons (Fsp3) is 0.357. The van der Waals surface area contributed by atoms with Gasteiger partial charge in [-0.1, -0.05) is 54.1 Å². The van der Waals surface area contributed by atoms with Gasteiger partial charge in [-0.15, -0.1) is 15.3 Å². The average molecular weight is 467 g/mol. The zero-order chi connectivity index (χ0) is 23.8. The molecule has 1 atom stereocenters. The van der Waals surface area contributed by atoms with E-state index in [1.807, 2.05) is 16.6 Å². The van der Waals surface area contributed by atoms with Gasteiger partial charge in [0.25, 0.3) is 0 Å². The van der Waals surface area contributed by atoms with Gasteiger partial charge in [-0.3, -0.25) is 4.79 Å². The zero-order valence-electron chi connectivity index (χ0n) is 20.0. The average Bonchev–Trinajstić information content (AvgIpc) is 3.33. The van der Waals surface area contributed by atoms with E-state index in [0.29, 0.717) is 0 Å². The van der Waals surface area contributed by atoms with Crippen molar-refractivity contribution in [2.24, 2.45) is 5.92 Å². The first-order chi connectivity index (χ1) is 17.2. The van der Waals surface area contributed by atoms with E-state index in [1.54, 1.807) is 0 Å². The zero-order valence-corrected chi connectivity index (χ0v) is 20.0. The SMILES string of the molecule is Cc1ccc(-c2nnc3ccc(N4CCC(C(=O)NC5CCCc6ccccc65)CC4)nn23)cc1. The van der Waals surface area contributed by atoms with Crippen LogP contribution >= 0.6 is 0 Å². The second-order valence-electron chi connectivity index (χ2n) is 9.76. The molecule has 1 aliphatic carbocycles. The Morgan fingerprint density at radius 3 is 2.57 bits per heavy atom. The normalized spacial score (nSPS) is 18.4. The minimum atomic E-state index is 0.0436. The first-order valence-electron chi connectivity index (χ1n) is 12.6. The fourth-order valence-corrected chi connectivity index (χ4v) is 5.39. The predicted molar refractivity (Wildman–Crippen MR) is 136 cm³/mol. The maximum Gasteiger partial charge on any atom is 0.223 e. The molecule has 1 fully saturated rings. The van der Waals surface area contributed by atoms with Crippen molar-refractivity contribution in [2.45, 2.75) is 45.1 Å². The van der Waals surface area contributed by atoms with Crippen LogP contribution in [0.5, 0.6) is 0 Å². The summed E-state index contributed by atoms with van der Waals surface area (Å²) in [5.41, 5.74) is 5.59. The molecule has 1 amide bonds. The number of carbonyl (C=O) groups excluding carboxylic acids is 1. The van der Waals surface area contributed by atoms with Crippen LogP contribution in [0.15, 0.2) is 60.7 Å². The summed E-state index contributed by atoms with van der Waals surface area (Å²) in [6, 6.07) is 20.9. The first-order valence-corrected chi connectivity index (χ1v) is 12.6. The summed E-state index contributed by atoms with van der Waals surface area (Å²) in [6.45, 7) is 3.68. The highest BCUT2D eigenvalue weighted by molar-refractivity contribution is 5.79. The highest BCUT2D eigenvalue weighted by Gasteiger charge is 2.29. The lowest BCUT2D eigenvalue weighted by atomic mass is 9.87. The molecule has 7 nitrogen and oxygen atoms in total. The molecule has 1 saturated heterocycles. The summed E-state index contributed by atoms with van der Waals surface area (Å²) < 4.78 is 1.82. The molecule has 6 rings (SSSR count). The maximum absolute atomic E-state index is 13.1. The number of amides is 1. The lowest BCUT2D eigenvalue weighted by Crippen LogP contribution is -2.42. The Hall–Kier alpha value is -3.74. The van der Waals surface area contributed by atoms with Gasteiger partial charge >= 0.3 is 0 Å². The molecule has 35 heavy (non-hydrogen) atoms. The molecule has 7 heteroatoms. The number of aryl methyl sites for hydroxylation is 2. The van der Waals surface area contributed by atoms with Crippen LogP contribution in [0.2, 0.25) is 0 Å². The molecule has 1 unspecified atom stereocenters. The van der Waals surface area contributed by atoms with Gasteiger partial charge in [-0.2, -0.15) is 4.52 Å². The van der Waals surface area contributed by atoms with Gasteiger partial charge in [-0.25, -0.2) is 0 Å². The summed E-state index contributed by atoms with van der Waals surface area (Å²) in [4.78, 5) is 15.4. The Labute approximate surface area is 205 Å². The van der Waals surface area contributed by atoms with Gasteiger partial charge in [0.1, 0.15) is 5.82 Å². The number of benzene rings is 2. The van der Waals surface area contributed by atoms with Crippen LogP contribution in [-0.2, 0) is 11.2 Å². The van der Waals surface area contributed by atoms with Gasteiger partial charge in [0.05, 0.1) is 6.04 Å². The molecule has 2 aromatic carbocycles. The molecule has 0 radical (unpaired) electrons. The minimum absolute atomic E-state index is 0.0436. The van der Waals surface area contributed by atoms with Crippen molar-refractivity contribution in [3.05, 3.63) is 77.4 Å². The highest BCUT2D eigenvalue weighted by atomic mass is 16.2. The van der Waals surface area contributed by atoms with Crippen molar-refractivity contribution < 1.29 is 4.79 Å². The number of nitrogens with one attached hydrogen (secondary N) is 1. The number of hydrogen-bond acceptors (Lipinski definition) is 5. The van der Waals surface area contributed by atoms with Crippen molar-refractivity contribution in [2.75, 3.05) is 18.0 Å². The Bertz CT molecular complexity index is 1350. The van der Waals surface area contributed by atoms with E-state index >= 15 is 0 Å². The minimum Gasteiger partial charge on any atom is -0.355 e. The van der Waals surface area contributed by atoms with E-state index in [0.717, 1.165) is 68.0 Å². The molecule has 0 saturated carbocycles. The largest absolute Gasteiger partial charge is 0.355 e. The Balaban J connectivity index is 1.13. The second kappa shape index (κ2) is 9.13. The van der Waals surface area contributed by atoms with Gasteiger partial charge in [0.15, 0.2) is 11.5 Å². The number of piperidine rings is 1. The Morgan fingerprint density at radius 2 is 1.74 bits per heavy atom. The summed E-state index contributed by atoms with van der Waals surface area (Å²) in [6.07, 6.45) is 4.91. The Kier molecular flexibility index (Phi) is 5.68. The monoisotopic (exact) mass is 466 g/mol. The molecule has 1 N–H and O–H groups in total. The van der Waals surface area contributed by atoms with Gasteiger partial charge in [0, 0.05) is 24.6 Å². The third-order valence-electron chi connectivity index (χ3n) is 7.43. The molecule has 2 aliphatic rings. The number of rotatable bonds is 4. The summed E-state index contributed by atoms with van der Waals surface area (Å²) in [5.74, 6) is 1.87. The molecule has 178 valence electrons. The third-order valence-corrected chi connectivity index (χ3v) is 7.43. The molecule has 4 aromatic rings. The van der Waals surface area contributed by atoms with Crippen LogP contribution < -0.4 is 10.2 Å². The molecular weight excluding hydrogens is 436 g/mol. The lowest BCUT2D eigenvalue weighted by Gasteiger charge is -2.33. The third kappa shape index (κ3) is 4.27. The van der Waals surface area contributed by atoms with E-state index in [4.69, 9.17) is 5.10 Å². The first kappa shape index (κ1) is 21.8. The van der Waals surface area contributed by atoms with Crippen molar-refractivity contribution in [1.29, 1.82) is 0 Å². The highest BCUT2D eigenvalue weighted by Crippen LogP contribution is 2.31. The second-order valence-corrected chi connectivity index (χ2v) is 9.76. The predicted octanol–water partition coefficient (Wildman–Crippen LogP) is 4.51. The van der Waals surface area contributed by atoms with Crippen LogP contribution in [0, 0.1) is 12.8 Å². The number of nitrogens with zero attached hydrogens (tertiary/aromatic N) is 5. The van der Waals surface area contributed by atoms with Crippen molar-refractivity contribution in [1.82, 2.24) is 25.1 Å². The van der Waals surface area contributed by atoms with Crippen LogP contribution in [0.25, 0.3) is 17.0 Å². The van der Waals surface area contributed by atoms with E-state index in [9.17, 15) is 4.79 Å². The number of hydrogen-bond donors (Lipinski definition) is 1. The van der Waals surface area contributed by atoms with Crippen molar-refractivity contribution >= 4 is 17.4 Å². The molecule has 0 bridgehead atoms. The van der Waals surface area contributed by atoms with E-state index in [2.05, 4.69) is 75.9 Å². The molecule has 1 aliphatic heterocycles. The topological polar surface area (TPSA) is 75.4 Å². The number of aromatic nitrogens is 4. The summed E-state index contributed by atoms with van der Waals surface area (Å²) >= 11 is 0. The van der Waals surface area contributed by atoms with Gasteiger partial charge in [-0.05, 0) is 62.3 Å². The smallest absolute Gasteiger partial charge is 0.223 e. The Morgan fingerprint density at radius 1 is 0.943 bits per heavy atom. The number of anilines is 1. The number of fused-ring (bicyclic) bond motifs is 2. The van der Waals surface area contributed by atoms with Crippen molar-refractivity contribution in [3.8, 4) is 11.4 Å². The van der Waals surface area contributed by atoms with Crippen LogP contribution in [-0.4, -0.2) is 38.8 Å². The van der Waals surface area contributed by atoms with E-state index in [-0.39, 0.29) is 17.9 Å². The summed E-state index contributed by atoms with van der Waals surface area (Å²) in [5, 5.41) is 16.9. The van der Waals surface area contributed by atoms with E-state index in [1.165, 1.54) is 16.7 Å². The van der Waals surface area contributed by atoms with Crippen LogP contribution in [0.1, 0.15) is 48.4 Å². The standard InChI is InChI=1S/C28H30N6O/c1-19-9-11-21(12-10-19)27-31-30-25-13-14-26(32-34(25)27)33-17-15-22(16-18-33)28(35)29-24-8-4-6-20-5-2-3-7-23(20)24/h2-3,5,7,9-14,22,24H,4,6,8,15-18H2,1H3,(H,29,35). The lowest BCUT2D eigenvalue weighted by molar-refractivity contribution is -0.126. The fourth-order valence-electron chi connectivity index (χ4n) is 5.39. The molecule has 3 heterocycles. The maximum atomic E-state index is 13.1. The van der Waals surface area contributed by atoms with Crippen LogP contribution in [0.4, 0.5) is 5.82 Å². The van der Waals surface area contributed by atoms with Crippen LogP contribution in [0.3, 0.4) is 0 Å².